The van der Waals surface area contributed by atoms with Gasteiger partial charge in [-0.05, 0) is 54.2 Å². The monoisotopic (exact) mass is 371 g/mol. The predicted octanol–water partition coefficient (Wildman–Crippen LogP) is -0.236. The van der Waals surface area contributed by atoms with Crippen LogP contribution in [0.25, 0.3) is 5.82 Å². The second-order valence-corrected chi connectivity index (χ2v) is 5.80. The Morgan fingerprint density at radius 2 is 2.11 bits per heavy atom. The highest BCUT2D eigenvalue weighted by atomic mass is 16.6. The molecule has 3 rings (SSSR count). The number of phenolic OH excluding ortho intramolecular Hbond substituents is 1. The van der Waals surface area contributed by atoms with Crippen LogP contribution in [0.1, 0.15) is 21.7 Å². The Labute approximate surface area is 153 Å². The second-order valence-electron chi connectivity index (χ2n) is 5.80. The third-order valence-electron chi connectivity index (χ3n) is 3.41. The van der Waals surface area contributed by atoms with Gasteiger partial charge in [-0.15, -0.1) is 5.10 Å². The molecule has 2 aromatic heterocycles. The van der Waals surface area contributed by atoms with Gasteiger partial charge in [0, 0.05) is 6.54 Å². The van der Waals surface area contributed by atoms with Crippen molar-refractivity contribution in [2.24, 2.45) is 5.10 Å². The number of carbonyl (C=O) groups excluding carboxylic acids is 1. The minimum atomic E-state index is -0.553. The van der Waals surface area contributed by atoms with Crippen molar-refractivity contribution < 1.29 is 14.5 Å². The molecule has 1 amide bonds. The van der Waals surface area contributed by atoms with E-state index in [1.54, 1.807) is 12.1 Å². The molecule has 12 heteroatoms. The van der Waals surface area contributed by atoms with Gasteiger partial charge < -0.3 is 15.7 Å². The van der Waals surface area contributed by atoms with E-state index in [0.29, 0.717) is 17.8 Å². The van der Waals surface area contributed by atoms with Gasteiger partial charge in [0.25, 0.3) is 5.91 Å². The first kappa shape index (κ1) is 18.0. The smallest absolute Gasteiger partial charge is 0.293 e. The number of aromatic nitrogens is 5. The molecule has 0 radical (unpaired) electrons. The molecule has 4 N–H and O–H groups in total. The van der Waals surface area contributed by atoms with Gasteiger partial charge in [-0.1, -0.05) is 5.21 Å². The summed E-state index contributed by atoms with van der Waals surface area (Å²) in [6, 6.07) is 6.33. The molecule has 0 spiro atoms. The van der Waals surface area contributed by atoms with Gasteiger partial charge in [-0.2, -0.15) is 9.78 Å². The average Bonchev–Trinajstić information content (AvgIpc) is 3.22. The van der Waals surface area contributed by atoms with Crippen molar-refractivity contribution in [3.8, 4) is 11.6 Å². The predicted molar refractivity (Wildman–Crippen MR) is 94.2 cm³/mol. The number of carbonyl (C=O) groups is 1. The fourth-order valence-corrected chi connectivity index (χ4v) is 2.21. The SMILES string of the molecule is CN(C)Cc1c(C(=O)NN=Cc2ccc(O)cc2)nnn1-c1nonc1N. The Kier molecular flexibility index (Phi) is 5.08. The van der Waals surface area contributed by atoms with Crippen LogP contribution in [0.2, 0.25) is 0 Å². The van der Waals surface area contributed by atoms with E-state index in [-0.39, 0.29) is 23.1 Å². The van der Waals surface area contributed by atoms with Crippen LogP contribution in [-0.4, -0.2) is 61.5 Å². The van der Waals surface area contributed by atoms with E-state index in [9.17, 15) is 9.90 Å². The molecule has 0 fully saturated rings. The van der Waals surface area contributed by atoms with Crippen LogP contribution >= 0.6 is 0 Å². The van der Waals surface area contributed by atoms with Gasteiger partial charge in [0.05, 0.1) is 11.9 Å². The number of nitrogens with two attached hydrogens (primary N) is 1. The maximum absolute atomic E-state index is 12.5. The van der Waals surface area contributed by atoms with Gasteiger partial charge in [0.2, 0.25) is 11.6 Å². The molecule has 12 nitrogen and oxygen atoms in total. The van der Waals surface area contributed by atoms with E-state index >= 15 is 0 Å². The number of aromatic hydroxyl groups is 1. The van der Waals surface area contributed by atoms with Crippen molar-refractivity contribution in [1.82, 2.24) is 35.6 Å². The number of hydrogen-bond acceptors (Lipinski definition) is 10. The molecule has 0 bridgehead atoms. The Hall–Kier alpha value is -3.80. The lowest BCUT2D eigenvalue weighted by molar-refractivity contribution is 0.0948. The number of nitrogen functional groups attached to an aromatic ring is 1. The molecule has 0 unspecified atom stereocenters. The summed E-state index contributed by atoms with van der Waals surface area (Å²) in [7, 11) is 3.65. The van der Waals surface area contributed by atoms with Crippen molar-refractivity contribution >= 4 is 17.9 Å². The third kappa shape index (κ3) is 4.07. The number of hydrogen-bond donors (Lipinski definition) is 3. The Morgan fingerprint density at radius 1 is 1.37 bits per heavy atom. The highest BCUT2D eigenvalue weighted by Crippen LogP contribution is 2.16. The van der Waals surface area contributed by atoms with E-state index in [1.807, 2.05) is 19.0 Å². The summed E-state index contributed by atoms with van der Waals surface area (Å²) in [5.41, 5.74) is 9.30. The van der Waals surface area contributed by atoms with Crippen LogP contribution in [0.3, 0.4) is 0 Å². The molecule has 0 saturated carbocycles. The van der Waals surface area contributed by atoms with E-state index in [4.69, 9.17) is 5.73 Å². The quantitative estimate of drug-likeness (QED) is 0.392. The summed E-state index contributed by atoms with van der Waals surface area (Å²) >= 11 is 0. The molecule has 3 aromatic rings. The van der Waals surface area contributed by atoms with Gasteiger partial charge >= 0.3 is 0 Å². The Morgan fingerprint density at radius 3 is 2.74 bits per heavy atom. The summed E-state index contributed by atoms with van der Waals surface area (Å²) in [6.45, 7) is 0.337. The maximum atomic E-state index is 12.5. The zero-order chi connectivity index (χ0) is 19.4. The van der Waals surface area contributed by atoms with Crippen molar-refractivity contribution in [2.75, 3.05) is 19.8 Å². The van der Waals surface area contributed by atoms with Crippen LogP contribution in [0, 0.1) is 0 Å². The summed E-state index contributed by atoms with van der Waals surface area (Å²) in [5.74, 6) is -0.242. The highest BCUT2D eigenvalue weighted by Gasteiger charge is 2.24. The molecule has 0 aliphatic heterocycles. The lowest BCUT2D eigenvalue weighted by atomic mass is 10.2. The van der Waals surface area contributed by atoms with Crippen molar-refractivity contribution in [3.05, 3.63) is 41.2 Å². The first-order valence-corrected chi connectivity index (χ1v) is 7.76. The summed E-state index contributed by atoms with van der Waals surface area (Å²) < 4.78 is 5.88. The summed E-state index contributed by atoms with van der Waals surface area (Å²) in [5, 5.41) is 28.2. The third-order valence-corrected chi connectivity index (χ3v) is 3.41. The Balaban J connectivity index is 1.82. The number of amides is 1. The minimum Gasteiger partial charge on any atom is -0.508 e. The van der Waals surface area contributed by atoms with Crippen molar-refractivity contribution in [2.45, 2.75) is 6.54 Å². The molecule has 0 atom stereocenters. The highest BCUT2D eigenvalue weighted by molar-refractivity contribution is 5.94. The van der Waals surface area contributed by atoms with E-state index in [1.165, 1.54) is 23.0 Å². The molecule has 27 heavy (non-hydrogen) atoms. The second kappa shape index (κ2) is 7.61. The maximum Gasteiger partial charge on any atom is 0.293 e. The lowest BCUT2D eigenvalue weighted by Crippen LogP contribution is -2.23. The average molecular weight is 371 g/mol. The van der Waals surface area contributed by atoms with Gasteiger partial charge in [0.15, 0.2) is 5.69 Å². The number of phenols is 1. The summed E-state index contributed by atoms with van der Waals surface area (Å²) in [6.07, 6.45) is 1.44. The van der Waals surface area contributed by atoms with E-state index in [2.05, 4.69) is 35.8 Å². The lowest BCUT2D eigenvalue weighted by Gasteiger charge is -2.11. The number of benzene rings is 1. The van der Waals surface area contributed by atoms with Crippen LogP contribution in [0.4, 0.5) is 5.82 Å². The Bertz CT molecular complexity index is 959. The molecule has 2 heterocycles. The fourth-order valence-electron chi connectivity index (χ4n) is 2.21. The van der Waals surface area contributed by atoms with Crippen molar-refractivity contribution in [3.63, 3.8) is 0 Å². The topological polar surface area (TPSA) is 161 Å². The minimum absolute atomic E-state index is 0.0252. The largest absolute Gasteiger partial charge is 0.508 e. The van der Waals surface area contributed by atoms with E-state index in [0.717, 1.165) is 0 Å². The normalized spacial score (nSPS) is 11.4. The van der Waals surface area contributed by atoms with Gasteiger partial charge in [-0.3, -0.25) is 4.79 Å². The molecule has 0 aliphatic carbocycles. The van der Waals surface area contributed by atoms with Gasteiger partial charge in [-0.25, -0.2) is 10.1 Å². The first-order valence-electron chi connectivity index (χ1n) is 7.76. The molecule has 140 valence electrons. The standard InChI is InChI=1S/C15H17N9O3/c1-23(2)8-11-12(18-22-24(11)14-13(16)20-27-21-14)15(26)19-17-7-9-3-5-10(25)6-4-9/h3-7,25H,8H2,1-2H3,(H2,16,20)(H,19,26). The number of nitrogens with zero attached hydrogens (tertiary/aromatic N) is 7. The number of anilines is 1. The molecular weight excluding hydrogens is 354 g/mol. The fraction of sp³-hybridized carbons (Fsp3) is 0.200. The van der Waals surface area contributed by atoms with Crippen LogP contribution in [0.15, 0.2) is 34.0 Å². The van der Waals surface area contributed by atoms with Crippen molar-refractivity contribution in [1.29, 1.82) is 0 Å². The molecule has 1 aromatic carbocycles. The van der Waals surface area contributed by atoms with E-state index < -0.39 is 5.91 Å². The van der Waals surface area contributed by atoms with Crippen LogP contribution in [0.5, 0.6) is 5.75 Å². The molecular formula is C15H17N9O3. The first-order chi connectivity index (χ1) is 13.0. The van der Waals surface area contributed by atoms with Crippen LogP contribution in [-0.2, 0) is 6.54 Å². The number of rotatable bonds is 6. The summed E-state index contributed by atoms with van der Waals surface area (Å²) in [4.78, 5) is 14.3. The number of hydrazone groups is 1. The zero-order valence-electron chi connectivity index (χ0n) is 14.6. The molecule has 0 saturated heterocycles. The zero-order valence-corrected chi connectivity index (χ0v) is 14.6. The van der Waals surface area contributed by atoms with Gasteiger partial charge in [0.1, 0.15) is 5.75 Å². The van der Waals surface area contributed by atoms with Crippen LogP contribution < -0.4 is 11.2 Å². The molecule has 0 aliphatic rings. The number of nitrogens with one attached hydrogen (secondary N) is 1.